The van der Waals surface area contributed by atoms with Gasteiger partial charge >= 0.3 is 0 Å². The van der Waals surface area contributed by atoms with Gasteiger partial charge in [-0.2, -0.15) is 0 Å². The van der Waals surface area contributed by atoms with E-state index in [-0.39, 0.29) is 24.4 Å². The van der Waals surface area contributed by atoms with Crippen LogP contribution in [0.25, 0.3) is 0 Å². The monoisotopic (exact) mass is 226 g/mol. The van der Waals surface area contributed by atoms with Crippen LogP contribution < -0.4 is 0 Å². The van der Waals surface area contributed by atoms with Gasteiger partial charge < -0.3 is 19.7 Å². The van der Waals surface area contributed by atoms with E-state index in [1.54, 1.807) is 6.08 Å². The molecule has 0 radical (unpaired) electrons. The largest absolute Gasteiger partial charge is 0.390 e. The van der Waals surface area contributed by atoms with E-state index < -0.39 is 12.2 Å². The zero-order valence-corrected chi connectivity index (χ0v) is 9.16. The van der Waals surface area contributed by atoms with Crippen LogP contribution in [0.3, 0.4) is 0 Å². The number of ether oxygens (including phenoxy) is 2. The molecule has 0 aromatic carbocycles. The van der Waals surface area contributed by atoms with Crippen LogP contribution in [0, 0.1) is 0 Å². The molecule has 2 aliphatic rings. The first-order chi connectivity index (χ1) is 7.67. The molecule has 0 saturated carbocycles. The maximum atomic E-state index is 9.63. The Balaban J connectivity index is 1.70. The Labute approximate surface area is 95.2 Å². The second-order valence-electron chi connectivity index (χ2n) is 4.33. The number of hydrogen-bond acceptors (Lipinski definition) is 4. The lowest BCUT2D eigenvalue weighted by Crippen LogP contribution is -2.19. The van der Waals surface area contributed by atoms with Crippen LogP contribution in [-0.2, 0) is 9.47 Å². The zero-order chi connectivity index (χ0) is 11.7. The van der Waals surface area contributed by atoms with Crippen molar-refractivity contribution in [1.29, 1.82) is 0 Å². The highest BCUT2D eigenvalue weighted by Crippen LogP contribution is 2.42. The molecular formula is C12H18O4. The third kappa shape index (κ3) is 2.52. The SMILES string of the molecule is C=CC[C@H](O)[C@@H]1O[C@H]1[C@@H]1O[C@H]1C[C@H](O)C=C. The molecule has 2 saturated heterocycles. The van der Waals surface area contributed by atoms with Gasteiger partial charge in [-0.3, -0.25) is 0 Å². The van der Waals surface area contributed by atoms with Crippen LogP contribution in [0.1, 0.15) is 12.8 Å². The summed E-state index contributed by atoms with van der Waals surface area (Å²) in [5.74, 6) is 0. The molecule has 2 aliphatic heterocycles. The quantitative estimate of drug-likeness (QED) is 0.487. The van der Waals surface area contributed by atoms with Gasteiger partial charge in [0.2, 0.25) is 0 Å². The fraction of sp³-hybridized carbons (Fsp3) is 0.667. The minimum Gasteiger partial charge on any atom is -0.390 e. The lowest BCUT2D eigenvalue weighted by atomic mass is 10.1. The summed E-state index contributed by atoms with van der Waals surface area (Å²) in [5, 5.41) is 19.0. The summed E-state index contributed by atoms with van der Waals surface area (Å²) in [6, 6.07) is 0. The molecule has 0 unspecified atom stereocenters. The first-order valence-corrected chi connectivity index (χ1v) is 5.58. The molecular weight excluding hydrogens is 208 g/mol. The van der Waals surface area contributed by atoms with Crippen LogP contribution in [0.5, 0.6) is 0 Å². The Morgan fingerprint density at radius 1 is 1.19 bits per heavy atom. The van der Waals surface area contributed by atoms with Gasteiger partial charge in [-0.15, -0.1) is 13.2 Å². The minimum atomic E-state index is -0.523. The van der Waals surface area contributed by atoms with Crippen LogP contribution in [0.2, 0.25) is 0 Å². The van der Waals surface area contributed by atoms with E-state index in [0.717, 1.165) is 0 Å². The van der Waals surface area contributed by atoms with E-state index in [2.05, 4.69) is 13.2 Å². The van der Waals surface area contributed by atoms with Gasteiger partial charge in [0.25, 0.3) is 0 Å². The predicted octanol–water partition coefficient (Wildman–Crippen LogP) is 0.395. The van der Waals surface area contributed by atoms with Gasteiger partial charge in [-0.1, -0.05) is 12.2 Å². The topological polar surface area (TPSA) is 65.5 Å². The fourth-order valence-electron chi connectivity index (χ4n) is 1.98. The molecule has 4 heteroatoms. The van der Waals surface area contributed by atoms with Gasteiger partial charge in [0, 0.05) is 6.42 Å². The summed E-state index contributed by atoms with van der Waals surface area (Å²) < 4.78 is 10.8. The molecule has 4 nitrogen and oxygen atoms in total. The molecule has 0 aromatic rings. The molecule has 0 amide bonds. The first-order valence-electron chi connectivity index (χ1n) is 5.58. The van der Waals surface area contributed by atoms with Crippen molar-refractivity contribution in [3.8, 4) is 0 Å². The van der Waals surface area contributed by atoms with Gasteiger partial charge in [0.1, 0.15) is 18.3 Å². The van der Waals surface area contributed by atoms with Crippen molar-refractivity contribution in [3.63, 3.8) is 0 Å². The van der Waals surface area contributed by atoms with Crippen molar-refractivity contribution in [2.75, 3.05) is 0 Å². The van der Waals surface area contributed by atoms with Crippen molar-refractivity contribution in [2.45, 2.75) is 49.5 Å². The number of rotatable bonds is 7. The number of epoxide rings is 2. The molecule has 90 valence electrons. The zero-order valence-electron chi connectivity index (χ0n) is 9.16. The van der Waals surface area contributed by atoms with Crippen molar-refractivity contribution >= 4 is 0 Å². The normalized spacial score (nSPS) is 39.9. The van der Waals surface area contributed by atoms with Crippen LogP contribution in [0.15, 0.2) is 25.3 Å². The number of aliphatic hydroxyl groups excluding tert-OH is 2. The number of hydrogen-bond donors (Lipinski definition) is 2. The molecule has 6 atom stereocenters. The van der Waals surface area contributed by atoms with Crippen molar-refractivity contribution < 1.29 is 19.7 Å². The maximum absolute atomic E-state index is 9.63. The Hall–Kier alpha value is -0.680. The summed E-state index contributed by atoms with van der Waals surface area (Å²) in [6.07, 6.45) is 3.17. The molecule has 2 heterocycles. The summed E-state index contributed by atoms with van der Waals surface area (Å²) in [6.45, 7) is 7.08. The predicted molar refractivity (Wildman–Crippen MR) is 59.0 cm³/mol. The van der Waals surface area contributed by atoms with Crippen LogP contribution in [-0.4, -0.2) is 46.8 Å². The third-order valence-corrected chi connectivity index (χ3v) is 3.04. The van der Waals surface area contributed by atoms with Crippen molar-refractivity contribution in [2.24, 2.45) is 0 Å². The Morgan fingerprint density at radius 2 is 1.94 bits per heavy atom. The van der Waals surface area contributed by atoms with Gasteiger partial charge in [0.15, 0.2) is 0 Å². The average molecular weight is 226 g/mol. The van der Waals surface area contributed by atoms with E-state index in [1.165, 1.54) is 6.08 Å². The second-order valence-corrected chi connectivity index (χ2v) is 4.33. The standard InChI is InChI=1S/C12H18O4/c1-3-5-8(14)10-12(16-10)11-9(15-11)6-7(13)4-2/h3-4,7-14H,1-2,5-6H2/t7-,8+,9+,10+,11-,12-/m1/s1. The molecule has 0 aromatic heterocycles. The fourth-order valence-corrected chi connectivity index (χ4v) is 1.98. The Morgan fingerprint density at radius 3 is 2.56 bits per heavy atom. The molecule has 0 aliphatic carbocycles. The average Bonchev–Trinajstić information content (AvgIpc) is 3.10. The van der Waals surface area contributed by atoms with E-state index in [0.29, 0.717) is 12.8 Å². The number of aliphatic hydroxyl groups is 2. The van der Waals surface area contributed by atoms with Crippen molar-refractivity contribution in [3.05, 3.63) is 25.3 Å². The van der Waals surface area contributed by atoms with Crippen LogP contribution in [0.4, 0.5) is 0 Å². The molecule has 2 N–H and O–H groups in total. The summed E-state index contributed by atoms with van der Waals surface area (Å²) in [5.41, 5.74) is 0. The van der Waals surface area contributed by atoms with Crippen molar-refractivity contribution in [1.82, 2.24) is 0 Å². The Bertz CT molecular complexity index is 278. The summed E-state index contributed by atoms with van der Waals surface area (Å²) >= 11 is 0. The highest BCUT2D eigenvalue weighted by Gasteiger charge is 2.59. The van der Waals surface area contributed by atoms with E-state index >= 15 is 0 Å². The van der Waals surface area contributed by atoms with E-state index in [4.69, 9.17) is 9.47 Å². The summed E-state index contributed by atoms with van der Waals surface area (Å²) in [7, 11) is 0. The van der Waals surface area contributed by atoms with Gasteiger partial charge in [-0.25, -0.2) is 0 Å². The molecule has 2 rings (SSSR count). The lowest BCUT2D eigenvalue weighted by molar-refractivity contribution is 0.138. The summed E-state index contributed by atoms with van der Waals surface area (Å²) in [4.78, 5) is 0. The molecule has 0 bridgehead atoms. The van der Waals surface area contributed by atoms with Gasteiger partial charge in [0.05, 0.1) is 18.3 Å². The smallest absolute Gasteiger partial charge is 0.116 e. The molecule has 2 fully saturated rings. The van der Waals surface area contributed by atoms with Gasteiger partial charge in [-0.05, 0) is 6.42 Å². The highest BCUT2D eigenvalue weighted by molar-refractivity contribution is 5.06. The first kappa shape index (κ1) is 11.8. The highest BCUT2D eigenvalue weighted by atomic mass is 16.7. The van der Waals surface area contributed by atoms with Crippen LogP contribution >= 0.6 is 0 Å². The minimum absolute atomic E-state index is 0.0167. The Kier molecular flexibility index (Phi) is 3.44. The molecule has 16 heavy (non-hydrogen) atoms. The lowest BCUT2D eigenvalue weighted by Gasteiger charge is -2.02. The maximum Gasteiger partial charge on any atom is 0.116 e. The van der Waals surface area contributed by atoms with E-state index in [1.807, 2.05) is 0 Å². The van der Waals surface area contributed by atoms with E-state index in [9.17, 15) is 10.2 Å². The third-order valence-electron chi connectivity index (χ3n) is 3.04. The molecule has 0 spiro atoms. The second kappa shape index (κ2) is 4.67.